The molecule has 1 rings (SSSR count). The van der Waals surface area contributed by atoms with Crippen molar-refractivity contribution >= 4 is 5.97 Å². The maximum Gasteiger partial charge on any atom is 0.310 e. The predicted molar refractivity (Wildman–Crippen MR) is 60.8 cm³/mol. The minimum atomic E-state index is -0.647. The van der Waals surface area contributed by atoms with Gasteiger partial charge in [0.2, 0.25) is 0 Å². The maximum atomic E-state index is 11.3. The Balaban J connectivity index is 2.77. The van der Waals surface area contributed by atoms with E-state index in [1.807, 2.05) is 13.0 Å². The van der Waals surface area contributed by atoms with Crippen molar-refractivity contribution in [2.45, 2.75) is 39.2 Å². The van der Waals surface area contributed by atoms with Gasteiger partial charge in [0.15, 0.2) is 0 Å². The summed E-state index contributed by atoms with van der Waals surface area (Å²) in [6.07, 6.45) is 4.37. The molecule has 0 aliphatic carbocycles. The Morgan fingerprint density at radius 3 is 2.87 bits per heavy atom. The van der Waals surface area contributed by atoms with E-state index >= 15 is 0 Å². The van der Waals surface area contributed by atoms with Crippen LogP contribution in [0.3, 0.4) is 0 Å². The number of nitrogens with zero attached hydrogens (tertiary/aromatic N) is 1. The van der Waals surface area contributed by atoms with Crippen LogP contribution >= 0.6 is 0 Å². The smallest absolute Gasteiger partial charge is 0.310 e. The molecule has 15 heavy (non-hydrogen) atoms. The van der Waals surface area contributed by atoms with Crippen molar-refractivity contribution < 1.29 is 9.90 Å². The predicted octanol–water partition coefficient (Wildman–Crippen LogP) is 2.14. The second-order valence-corrected chi connectivity index (χ2v) is 4.49. The lowest BCUT2D eigenvalue weighted by Gasteiger charge is -2.41. The molecule has 3 nitrogen and oxygen atoms in total. The molecule has 2 unspecified atom stereocenters. The number of aliphatic carboxylic acids is 1. The molecule has 1 aliphatic rings. The Kier molecular flexibility index (Phi) is 3.91. The van der Waals surface area contributed by atoms with Gasteiger partial charge in [0.25, 0.3) is 0 Å². The van der Waals surface area contributed by atoms with Gasteiger partial charge >= 0.3 is 5.97 Å². The van der Waals surface area contributed by atoms with E-state index in [4.69, 9.17) is 0 Å². The number of rotatable bonds is 4. The Bertz CT molecular complexity index is 252. The Hall–Kier alpha value is -0.830. The zero-order chi connectivity index (χ0) is 11.5. The minimum absolute atomic E-state index is 0.274. The first kappa shape index (κ1) is 12.2. The third-order valence-corrected chi connectivity index (χ3v) is 3.65. The van der Waals surface area contributed by atoms with Gasteiger partial charge in [0.05, 0.1) is 5.41 Å². The summed E-state index contributed by atoms with van der Waals surface area (Å²) >= 11 is 0. The van der Waals surface area contributed by atoms with Gasteiger partial charge in [0, 0.05) is 12.6 Å². The van der Waals surface area contributed by atoms with Crippen LogP contribution in [0.5, 0.6) is 0 Å². The van der Waals surface area contributed by atoms with E-state index in [0.29, 0.717) is 13.0 Å². The highest BCUT2D eigenvalue weighted by Gasteiger charge is 2.41. The van der Waals surface area contributed by atoms with Crippen LogP contribution < -0.4 is 0 Å². The zero-order valence-electron chi connectivity index (χ0n) is 9.70. The van der Waals surface area contributed by atoms with Gasteiger partial charge in [-0.1, -0.05) is 13.0 Å². The van der Waals surface area contributed by atoms with E-state index in [1.165, 1.54) is 0 Å². The molecule has 1 heterocycles. The fourth-order valence-corrected chi connectivity index (χ4v) is 2.28. The van der Waals surface area contributed by atoms with Crippen LogP contribution in [0.2, 0.25) is 0 Å². The second-order valence-electron chi connectivity index (χ2n) is 4.49. The summed E-state index contributed by atoms with van der Waals surface area (Å²) in [4.78, 5) is 13.5. The van der Waals surface area contributed by atoms with E-state index < -0.39 is 11.4 Å². The number of hydrogen-bond donors (Lipinski definition) is 1. The molecule has 1 fully saturated rings. The van der Waals surface area contributed by atoms with E-state index in [0.717, 1.165) is 19.4 Å². The quantitative estimate of drug-likeness (QED) is 0.724. The van der Waals surface area contributed by atoms with Gasteiger partial charge in [-0.05, 0) is 32.7 Å². The minimum Gasteiger partial charge on any atom is -0.481 e. The lowest BCUT2D eigenvalue weighted by Crippen LogP contribution is -2.49. The molecule has 0 saturated carbocycles. The molecule has 0 bridgehead atoms. The van der Waals surface area contributed by atoms with Crippen molar-refractivity contribution in [1.82, 2.24) is 4.90 Å². The summed E-state index contributed by atoms with van der Waals surface area (Å²) in [5, 5.41) is 9.31. The van der Waals surface area contributed by atoms with Crippen LogP contribution in [0.4, 0.5) is 0 Å². The second kappa shape index (κ2) is 4.79. The Morgan fingerprint density at radius 2 is 2.40 bits per heavy atom. The Labute approximate surface area is 91.8 Å². The maximum absolute atomic E-state index is 11.3. The molecule has 1 N–H and O–H groups in total. The van der Waals surface area contributed by atoms with E-state index in [9.17, 15) is 9.90 Å². The molecule has 3 heteroatoms. The van der Waals surface area contributed by atoms with Crippen LogP contribution in [-0.2, 0) is 4.79 Å². The number of piperidine rings is 1. The number of carbonyl (C=O) groups is 1. The summed E-state index contributed by atoms with van der Waals surface area (Å²) < 4.78 is 0. The first-order chi connectivity index (χ1) is 7.05. The third kappa shape index (κ3) is 2.40. The summed E-state index contributed by atoms with van der Waals surface area (Å²) in [6.45, 7) is 9.45. The highest BCUT2D eigenvalue weighted by molar-refractivity contribution is 5.75. The highest BCUT2D eigenvalue weighted by Crippen LogP contribution is 2.34. The van der Waals surface area contributed by atoms with Crippen molar-refractivity contribution in [1.29, 1.82) is 0 Å². The van der Waals surface area contributed by atoms with Crippen LogP contribution in [0, 0.1) is 5.41 Å². The molecule has 0 aromatic heterocycles. The average Bonchev–Trinajstić information content (AvgIpc) is 2.27. The largest absolute Gasteiger partial charge is 0.481 e. The van der Waals surface area contributed by atoms with Crippen molar-refractivity contribution in [3.05, 3.63) is 12.7 Å². The molecule has 0 aromatic rings. The summed E-state index contributed by atoms with van der Waals surface area (Å²) in [5.41, 5.74) is -0.532. The number of likely N-dealkylation sites (tertiary alicyclic amines) is 1. The van der Waals surface area contributed by atoms with Crippen molar-refractivity contribution in [3.8, 4) is 0 Å². The monoisotopic (exact) mass is 211 g/mol. The van der Waals surface area contributed by atoms with Crippen molar-refractivity contribution in [3.63, 3.8) is 0 Å². The molecule has 86 valence electrons. The van der Waals surface area contributed by atoms with Gasteiger partial charge in [-0.3, -0.25) is 9.69 Å². The van der Waals surface area contributed by atoms with Crippen LogP contribution in [0.1, 0.15) is 33.1 Å². The normalized spacial score (nSPS) is 29.7. The molecule has 1 aliphatic heterocycles. The number of carboxylic acid groups (broad SMARTS) is 1. The fourth-order valence-electron chi connectivity index (χ4n) is 2.28. The molecular weight excluding hydrogens is 190 g/mol. The van der Waals surface area contributed by atoms with Gasteiger partial charge in [-0.25, -0.2) is 0 Å². The molecule has 0 amide bonds. The first-order valence-electron chi connectivity index (χ1n) is 5.66. The van der Waals surface area contributed by atoms with Crippen molar-refractivity contribution in [2.75, 3.05) is 13.1 Å². The van der Waals surface area contributed by atoms with E-state index in [1.54, 1.807) is 0 Å². The van der Waals surface area contributed by atoms with E-state index in [2.05, 4.69) is 18.4 Å². The molecule has 0 radical (unpaired) electrons. The fraction of sp³-hybridized carbons (Fsp3) is 0.750. The van der Waals surface area contributed by atoms with E-state index in [-0.39, 0.29) is 6.04 Å². The lowest BCUT2D eigenvalue weighted by molar-refractivity contribution is -0.153. The number of carboxylic acids is 1. The van der Waals surface area contributed by atoms with Gasteiger partial charge in [-0.15, -0.1) is 6.58 Å². The summed E-state index contributed by atoms with van der Waals surface area (Å²) in [7, 11) is 0. The van der Waals surface area contributed by atoms with Gasteiger partial charge in [0.1, 0.15) is 0 Å². The Morgan fingerprint density at radius 1 is 1.73 bits per heavy atom. The molecule has 2 atom stereocenters. The SMILES string of the molecule is C=CC(C)N1CCCC(CC)(C(=O)O)C1. The van der Waals surface area contributed by atoms with Crippen LogP contribution in [-0.4, -0.2) is 35.1 Å². The molecular formula is C12H21NO2. The highest BCUT2D eigenvalue weighted by atomic mass is 16.4. The standard InChI is InChI=1S/C12H21NO2/c1-4-10(3)13-8-6-7-12(5-2,9-13)11(14)15/h4,10H,1,5-9H2,2-3H3,(H,14,15). The molecule has 1 saturated heterocycles. The van der Waals surface area contributed by atoms with Crippen molar-refractivity contribution in [2.24, 2.45) is 5.41 Å². The van der Waals surface area contributed by atoms with Crippen LogP contribution in [0.25, 0.3) is 0 Å². The molecule has 0 aromatic carbocycles. The molecule has 0 spiro atoms. The summed E-state index contributed by atoms with van der Waals surface area (Å²) in [5.74, 6) is -0.647. The van der Waals surface area contributed by atoms with Crippen LogP contribution in [0.15, 0.2) is 12.7 Å². The van der Waals surface area contributed by atoms with Gasteiger partial charge in [-0.2, -0.15) is 0 Å². The van der Waals surface area contributed by atoms with Gasteiger partial charge < -0.3 is 5.11 Å². The first-order valence-corrected chi connectivity index (χ1v) is 5.66. The third-order valence-electron chi connectivity index (χ3n) is 3.65. The number of hydrogen-bond acceptors (Lipinski definition) is 2. The summed E-state index contributed by atoms with van der Waals surface area (Å²) in [6, 6.07) is 0.274. The zero-order valence-corrected chi connectivity index (χ0v) is 9.70. The lowest BCUT2D eigenvalue weighted by atomic mass is 9.77. The topological polar surface area (TPSA) is 40.5 Å². The average molecular weight is 211 g/mol.